The first kappa shape index (κ1) is 15.1. The topological polar surface area (TPSA) is 47.3 Å². The lowest BCUT2D eigenvalue weighted by atomic mass is 10.0. The molecule has 2 rings (SSSR count). The third kappa shape index (κ3) is 3.43. The highest BCUT2D eigenvalue weighted by Gasteiger charge is 2.41. The van der Waals surface area contributed by atoms with Gasteiger partial charge in [-0.05, 0) is 36.8 Å². The van der Waals surface area contributed by atoms with Crippen molar-refractivity contribution in [3.63, 3.8) is 0 Å². The molecule has 0 heterocycles. The first-order valence-corrected chi connectivity index (χ1v) is 6.90. The Balaban J connectivity index is 2.05. The van der Waals surface area contributed by atoms with Crippen molar-refractivity contribution < 1.29 is 13.5 Å². The molecule has 1 saturated carbocycles. The Labute approximate surface area is 122 Å². The van der Waals surface area contributed by atoms with Crippen molar-refractivity contribution in [3.8, 4) is 0 Å². The summed E-state index contributed by atoms with van der Waals surface area (Å²) in [7, 11) is 1.65. The van der Waals surface area contributed by atoms with Crippen LogP contribution < -0.4 is 11.1 Å². The second-order valence-electron chi connectivity index (χ2n) is 5.28. The number of rotatable bonds is 7. The van der Waals surface area contributed by atoms with Crippen LogP contribution in [0.3, 0.4) is 0 Å². The fourth-order valence-corrected chi connectivity index (χ4v) is 2.29. The summed E-state index contributed by atoms with van der Waals surface area (Å²) >= 11 is 4.72. The van der Waals surface area contributed by atoms with Gasteiger partial charge >= 0.3 is 0 Å². The van der Waals surface area contributed by atoms with Crippen molar-refractivity contribution in [2.75, 3.05) is 25.6 Å². The van der Waals surface area contributed by atoms with Gasteiger partial charge in [-0.25, -0.2) is 8.78 Å². The average Bonchev–Trinajstić information content (AvgIpc) is 3.15. The molecule has 1 aliphatic rings. The monoisotopic (exact) mass is 300 g/mol. The van der Waals surface area contributed by atoms with Gasteiger partial charge in [0.25, 0.3) is 0 Å². The molecule has 0 atom stereocenters. The molecule has 0 radical (unpaired) electrons. The van der Waals surface area contributed by atoms with E-state index in [4.69, 9.17) is 22.7 Å². The summed E-state index contributed by atoms with van der Waals surface area (Å²) in [6, 6.07) is 2.31. The van der Waals surface area contributed by atoms with E-state index in [1.54, 1.807) is 7.11 Å². The molecular weight excluding hydrogens is 282 g/mol. The van der Waals surface area contributed by atoms with Crippen LogP contribution in [0, 0.1) is 17.0 Å². The third-order valence-electron chi connectivity index (χ3n) is 3.76. The van der Waals surface area contributed by atoms with Crippen LogP contribution in [0.25, 0.3) is 0 Å². The molecule has 0 bridgehead atoms. The number of thiocarbonyl (C=S) groups is 1. The lowest BCUT2D eigenvalue weighted by Gasteiger charge is -2.17. The first-order valence-electron chi connectivity index (χ1n) is 6.49. The second kappa shape index (κ2) is 6.01. The third-order valence-corrected chi connectivity index (χ3v) is 4.00. The Hall–Kier alpha value is -1.27. The van der Waals surface area contributed by atoms with Gasteiger partial charge in [-0.3, -0.25) is 0 Å². The molecule has 0 spiro atoms. The smallest absolute Gasteiger partial charge is 0.150 e. The zero-order valence-corrected chi connectivity index (χ0v) is 12.2. The van der Waals surface area contributed by atoms with E-state index in [0.717, 1.165) is 31.4 Å². The zero-order chi connectivity index (χ0) is 14.8. The lowest BCUT2D eigenvalue weighted by molar-refractivity contribution is 0.175. The van der Waals surface area contributed by atoms with Crippen LogP contribution in [-0.2, 0) is 4.74 Å². The van der Waals surface area contributed by atoms with Crippen molar-refractivity contribution in [1.82, 2.24) is 0 Å². The molecule has 3 nitrogen and oxygen atoms in total. The van der Waals surface area contributed by atoms with Crippen LogP contribution in [-0.4, -0.2) is 25.2 Å². The predicted molar refractivity (Wildman–Crippen MR) is 78.9 cm³/mol. The van der Waals surface area contributed by atoms with E-state index in [1.807, 2.05) is 0 Å². The Kier molecular flexibility index (Phi) is 4.55. The minimum Gasteiger partial charge on any atom is -0.389 e. The number of halogens is 2. The highest BCUT2D eigenvalue weighted by molar-refractivity contribution is 7.80. The van der Waals surface area contributed by atoms with Gasteiger partial charge in [-0.15, -0.1) is 0 Å². The summed E-state index contributed by atoms with van der Waals surface area (Å²) in [6.07, 6.45) is 3.00. The number of benzene rings is 1. The van der Waals surface area contributed by atoms with E-state index in [1.165, 1.54) is 0 Å². The summed E-state index contributed by atoms with van der Waals surface area (Å²) in [5, 5.41) is 2.87. The second-order valence-corrected chi connectivity index (χ2v) is 5.72. The summed E-state index contributed by atoms with van der Waals surface area (Å²) in [4.78, 5) is -0.0203. The molecule has 110 valence electrons. The van der Waals surface area contributed by atoms with Crippen LogP contribution >= 0.6 is 12.2 Å². The number of hydrogen-bond donors (Lipinski definition) is 2. The van der Waals surface area contributed by atoms with Gasteiger partial charge in [0.1, 0.15) is 22.3 Å². The molecular formula is C14H18F2N2OS. The van der Waals surface area contributed by atoms with E-state index in [-0.39, 0.29) is 21.7 Å². The minimum absolute atomic E-state index is 0.0203. The maximum Gasteiger partial charge on any atom is 0.150 e. The number of anilines is 1. The minimum atomic E-state index is -0.671. The largest absolute Gasteiger partial charge is 0.389 e. The highest BCUT2D eigenvalue weighted by atomic mass is 32.1. The van der Waals surface area contributed by atoms with Gasteiger partial charge < -0.3 is 15.8 Å². The van der Waals surface area contributed by atoms with E-state index >= 15 is 0 Å². The Bertz CT molecular complexity index is 495. The number of methoxy groups -OCH3 is 1. The summed E-state index contributed by atoms with van der Waals surface area (Å²) in [5.41, 5.74) is 5.56. The quantitative estimate of drug-likeness (QED) is 0.760. The molecule has 0 saturated heterocycles. The molecule has 20 heavy (non-hydrogen) atoms. The van der Waals surface area contributed by atoms with Gasteiger partial charge in [0, 0.05) is 25.8 Å². The number of nitrogens with one attached hydrogen (secondary N) is 1. The van der Waals surface area contributed by atoms with Crippen molar-refractivity contribution in [2.45, 2.75) is 19.3 Å². The summed E-state index contributed by atoms with van der Waals surface area (Å²) in [5.74, 6) is -1.34. The van der Waals surface area contributed by atoms with E-state index in [0.29, 0.717) is 13.2 Å². The van der Waals surface area contributed by atoms with Crippen LogP contribution in [0.5, 0.6) is 0 Å². The molecule has 1 fully saturated rings. The van der Waals surface area contributed by atoms with E-state index in [9.17, 15) is 8.78 Å². The molecule has 1 aliphatic carbocycles. The van der Waals surface area contributed by atoms with Crippen LogP contribution in [0.2, 0.25) is 0 Å². The molecule has 0 amide bonds. The van der Waals surface area contributed by atoms with E-state index in [2.05, 4.69) is 5.32 Å². The molecule has 0 unspecified atom stereocenters. The van der Waals surface area contributed by atoms with Gasteiger partial charge in [-0.2, -0.15) is 0 Å². The molecule has 1 aromatic carbocycles. The summed E-state index contributed by atoms with van der Waals surface area (Å²) in [6.45, 7) is 1.20. The summed E-state index contributed by atoms with van der Waals surface area (Å²) < 4.78 is 32.8. The van der Waals surface area contributed by atoms with Crippen molar-refractivity contribution in [3.05, 3.63) is 29.3 Å². The fourth-order valence-electron chi connectivity index (χ4n) is 2.17. The Morgan fingerprint density at radius 1 is 1.40 bits per heavy atom. The lowest BCUT2D eigenvalue weighted by Crippen LogP contribution is -2.19. The first-order chi connectivity index (χ1) is 9.47. The van der Waals surface area contributed by atoms with Gasteiger partial charge in [0.2, 0.25) is 0 Å². The predicted octanol–water partition coefficient (Wildman–Crippen LogP) is 2.83. The van der Waals surface area contributed by atoms with Crippen molar-refractivity contribution in [2.24, 2.45) is 11.1 Å². The SMILES string of the molecule is COCCC1(CNc2c(F)cc(C(N)=S)cc2F)CC1. The van der Waals surface area contributed by atoms with Crippen LogP contribution in [0.1, 0.15) is 24.8 Å². The Morgan fingerprint density at radius 2 is 2.00 bits per heavy atom. The fraction of sp³-hybridized carbons (Fsp3) is 0.500. The van der Waals surface area contributed by atoms with Crippen molar-refractivity contribution >= 4 is 22.9 Å². The molecule has 3 N–H and O–H groups in total. The molecule has 1 aromatic rings. The highest BCUT2D eigenvalue weighted by Crippen LogP contribution is 2.48. The van der Waals surface area contributed by atoms with Crippen molar-refractivity contribution in [1.29, 1.82) is 0 Å². The van der Waals surface area contributed by atoms with Crippen LogP contribution in [0.4, 0.5) is 14.5 Å². The van der Waals surface area contributed by atoms with Gasteiger partial charge in [0.15, 0.2) is 0 Å². The van der Waals surface area contributed by atoms with Gasteiger partial charge in [-0.1, -0.05) is 12.2 Å². The Morgan fingerprint density at radius 3 is 2.45 bits per heavy atom. The maximum atomic E-state index is 13.9. The number of hydrogen-bond acceptors (Lipinski definition) is 3. The van der Waals surface area contributed by atoms with Crippen LogP contribution in [0.15, 0.2) is 12.1 Å². The number of nitrogens with two attached hydrogens (primary N) is 1. The average molecular weight is 300 g/mol. The number of ether oxygens (including phenoxy) is 1. The van der Waals surface area contributed by atoms with Gasteiger partial charge in [0.05, 0.1) is 0 Å². The standard InChI is InChI=1S/C14H18F2N2OS/c1-19-5-4-14(2-3-14)8-18-12-10(15)6-9(13(17)20)7-11(12)16/h6-7,18H,2-5,8H2,1H3,(H2,17,20). The molecule has 0 aliphatic heterocycles. The maximum absolute atomic E-state index is 13.9. The zero-order valence-electron chi connectivity index (χ0n) is 11.3. The normalized spacial score (nSPS) is 15.9. The molecule has 6 heteroatoms. The molecule has 0 aromatic heterocycles. The van der Waals surface area contributed by atoms with E-state index < -0.39 is 11.6 Å².